The molecule has 17 heavy (non-hydrogen) atoms. The zero-order valence-electron chi connectivity index (χ0n) is 11.7. The van der Waals surface area contributed by atoms with Crippen molar-refractivity contribution in [2.75, 3.05) is 0 Å². The summed E-state index contributed by atoms with van der Waals surface area (Å²) in [6.07, 6.45) is 20.5. The normalized spacial score (nSPS) is 10.2. The van der Waals surface area contributed by atoms with Crippen LogP contribution in [0.15, 0.2) is 6.08 Å². The molecule has 0 rings (SSSR count). The van der Waals surface area contributed by atoms with Gasteiger partial charge in [-0.1, -0.05) is 26.2 Å². The second-order valence-electron chi connectivity index (χ2n) is 5.00. The van der Waals surface area contributed by atoms with Crippen molar-refractivity contribution < 1.29 is 0 Å². The Balaban J connectivity index is 2.91. The van der Waals surface area contributed by atoms with Gasteiger partial charge < -0.3 is 0 Å². The first-order valence-electron chi connectivity index (χ1n) is 7.61. The van der Waals surface area contributed by atoms with Crippen molar-refractivity contribution in [1.82, 2.24) is 0 Å². The van der Waals surface area contributed by atoms with E-state index < -0.39 is 0 Å². The molecule has 0 saturated carbocycles. The second-order valence-corrected chi connectivity index (χ2v) is 5.49. The summed E-state index contributed by atoms with van der Waals surface area (Å²) in [5.41, 5.74) is 0. The Hall–Kier alpha value is 0.169. The molecule has 0 spiro atoms. The monoisotopic (exact) mass is 302 g/mol. The summed E-state index contributed by atoms with van der Waals surface area (Å²) >= 11 is 2.78. The second kappa shape index (κ2) is 16.2. The van der Waals surface area contributed by atoms with E-state index in [0.29, 0.717) is 0 Å². The molecular formula is C16H30Se. The third kappa shape index (κ3) is 16.2. The van der Waals surface area contributed by atoms with Gasteiger partial charge in [-0.3, -0.25) is 0 Å². The van der Waals surface area contributed by atoms with Crippen LogP contribution >= 0.6 is 0 Å². The Kier molecular flexibility index (Phi) is 16.3. The van der Waals surface area contributed by atoms with Gasteiger partial charge in [0.25, 0.3) is 0 Å². The zero-order chi connectivity index (χ0) is 12.6. The standard InChI is InChI=1S/C16H30Se/c1-2-3-4-5-6-7-8-9-10-11-12-13-14-15-16-17/h15H,2-14H2,1H3. The maximum atomic E-state index is 2.96. The van der Waals surface area contributed by atoms with Crippen LogP contribution in [0.5, 0.6) is 0 Å². The van der Waals surface area contributed by atoms with E-state index in [4.69, 9.17) is 0 Å². The van der Waals surface area contributed by atoms with Crippen LogP contribution in [0.1, 0.15) is 90.4 Å². The first kappa shape index (κ1) is 17.2. The quantitative estimate of drug-likeness (QED) is 0.324. The van der Waals surface area contributed by atoms with Crippen LogP contribution in [-0.4, -0.2) is 20.2 Å². The van der Waals surface area contributed by atoms with E-state index in [1.165, 1.54) is 83.5 Å². The third-order valence-electron chi connectivity index (χ3n) is 3.29. The zero-order valence-corrected chi connectivity index (χ0v) is 13.4. The predicted octanol–water partition coefficient (Wildman–Crippen LogP) is 5.20. The SMILES string of the molecule is CCCCCCCCCCCCCCC=C=[Se]. The van der Waals surface area contributed by atoms with Gasteiger partial charge in [-0.05, 0) is 0 Å². The minimum atomic E-state index is 1.20. The molecule has 0 aromatic carbocycles. The summed E-state index contributed by atoms with van der Waals surface area (Å²) in [7, 11) is 0. The van der Waals surface area contributed by atoms with Crippen LogP contribution < -0.4 is 0 Å². The van der Waals surface area contributed by atoms with Crippen molar-refractivity contribution in [3.05, 3.63) is 6.08 Å². The molecule has 0 fully saturated rings. The summed E-state index contributed by atoms with van der Waals surface area (Å²) in [5.74, 6) is 0. The summed E-state index contributed by atoms with van der Waals surface area (Å²) < 4.78 is 2.96. The Morgan fingerprint density at radius 2 is 1.12 bits per heavy atom. The Morgan fingerprint density at radius 3 is 1.53 bits per heavy atom. The number of hydrogen-bond acceptors (Lipinski definition) is 0. The van der Waals surface area contributed by atoms with Gasteiger partial charge in [-0.25, -0.2) is 0 Å². The van der Waals surface area contributed by atoms with E-state index in [1.807, 2.05) is 0 Å². The fourth-order valence-electron chi connectivity index (χ4n) is 2.15. The van der Waals surface area contributed by atoms with Crippen LogP contribution in [-0.2, 0) is 0 Å². The van der Waals surface area contributed by atoms with Crippen LogP contribution in [0, 0.1) is 0 Å². The molecule has 1 heteroatoms. The molecule has 0 heterocycles. The molecule has 0 aliphatic carbocycles. The fraction of sp³-hybridized carbons (Fsp3) is 0.875. The molecule has 0 bridgehead atoms. The van der Waals surface area contributed by atoms with Gasteiger partial charge in [-0.2, -0.15) is 0 Å². The van der Waals surface area contributed by atoms with Crippen molar-refractivity contribution in [3.8, 4) is 0 Å². The molecule has 0 unspecified atom stereocenters. The number of allylic oxidation sites excluding steroid dienone is 1. The van der Waals surface area contributed by atoms with Gasteiger partial charge in [0.2, 0.25) is 0 Å². The Bertz CT molecular complexity index is 180. The summed E-state index contributed by atoms with van der Waals surface area (Å²) in [4.78, 5) is 0. The van der Waals surface area contributed by atoms with E-state index in [0.717, 1.165) is 0 Å². The van der Waals surface area contributed by atoms with Crippen LogP contribution in [0.4, 0.5) is 0 Å². The summed E-state index contributed by atoms with van der Waals surface area (Å²) in [5, 5.41) is 0. The van der Waals surface area contributed by atoms with E-state index in [9.17, 15) is 0 Å². The molecule has 100 valence electrons. The molecular weight excluding hydrogens is 271 g/mol. The number of hydrogen-bond donors (Lipinski definition) is 0. The van der Waals surface area contributed by atoms with Crippen molar-refractivity contribution in [1.29, 1.82) is 0 Å². The van der Waals surface area contributed by atoms with Crippen molar-refractivity contribution in [2.45, 2.75) is 90.4 Å². The van der Waals surface area contributed by atoms with E-state index in [2.05, 4.69) is 33.2 Å². The molecule has 0 aliphatic heterocycles. The first-order chi connectivity index (χ1) is 8.41. The van der Waals surface area contributed by atoms with Crippen LogP contribution in [0.2, 0.25) is 0 Å². The molecule has 0 aromatic heterocycles. The Labute approximate surface area is 117 Å². The van der Waals surface area contributed by atoms with Gasteiger partial charge in [0, 0.05) is 0 Å². The predicted molar refractivity (Wildman–Crippen MR) is 81.0 cm³/mol. The topological polar surface area (TPSA) is 0 Å². The van der Waals surface area contributed by atoms with Gasteiger partial charge in [0.1, 0.15) is 0 Å². The maximum absolute atomic E-state index is 2.96. The molecule has 0 saturated heterocycles. The first-order valence-corrected chi connectivity index (χ1v) is 8.46. The fourth-order valence-corrected chi connectivity index (χ4v) is 2.39. The third-order valence-corrected chi connectivity index (χ3v) is 3.64. The summed E-state index contributed by atoms with van der Waals surface area (Å²) in [6.45, 7) is 2.28. The Morgan fingerprint density at radius 1 is 0.706 bits per heavy atom. The minimum absolute atomic E-state index is 1.20. The van der Waals surface area contributed by atoms with E-state index in [1.54, 1.807) is 0 Å². The van der Waals surface area contributed by atoms with Gasteiger partial charge >= 0.3 is 90.4 Å². The molecule has 0 aromatic rings. The van der Waals surface area contributed by atoms with Gasteiger partial charge in [-0.15, -0.1) is 0 Å². The summed E-state index contributed by atoms with van der Waals surface area (Å²) in [6, 6.07) is 0. The number of unbranched alkanes of at least 4 members (excludes halogenated alkanes) is 12. The molecule has 0 aliphatic rings. The van der Waals surface area contributed by atoms with Crippen LogP contribution in [0.25, 0.3) is 0 Å². The average Bonchev–Trinajstić information content (AvgIpc) is 2.35. The molecule has 0 N–H and O–H groups in total. The van der Waals surface area contributed by atoms with E-state index in [-0.39, 0.29) is 0 Å². The van der Waals surface area contributed by atoms with E-state index >= 15 is 0 Å². The molecule has 0 nitrogen and oxygen atoms in total. The van der Waals surface area contributed by atoms with Gasteiger partial charge in [0.15, 0.2) is 0 Å². The molecule has 0 radical (unpaired) electrons. The van der Waals surface area contributed by atoms with Crippen molar-refractivity contribution >= 4 is 20.2 Å². The molecule has 0 amide bonds. The van der Waals surface area contributed by atoms with Crippen molar-refractivity contribution in [2.24, 2.45) is 0 Å². The van der Waals surface area contributed by atoms with Gasteiger partial charge in [0.05, 0.1) is 0 Å². The van der Waals surface area contributed by atoms with Crippen molar-refractivity contribution in [3.63, 3.8) is 0 Å². The molecule has 0 atom stereocenters. The van der Waals surface area contributed by atoms with Crippen LogP contribution in [0.3, 0.4) is 0 Å². The average molecular weight is 301 g/mol. The number of rotatable bonds is 13.